The molecule has 2 nitrogen and oxygen atoms in total. The molecule has 1 aliphatic carbocycles. The van der Waals surface area contributed by atoms with E-state index in [1.54, 1.807) is 0 Å². The van der Waals surface area contributed by atoms with Crippen LogP contribution in [0.5, 0.6) is 0 Å². The van der Waals surface area contributed by atoms with E-state index in [2.05, 4.69) is 10.2 Å². The summed E-state index contributed by atoms with van der Waals surface area (Å²) < 4.78 is 26.5. The molecular weight excluding hydrogens is 246 g/mol. The average Bonchev–Trinajstić information content (AvgIpc) is 3.06. The lowest BCUT2D eigenvalue weighted by Crippen LogP contribution is -2.38. The monoisotopic (exact) mass is 266 g/mol. The van der Waals surface area contributed by atoms with Crippen molar-refractivity contribution in [2.45, 2.75) is 44.3 Å². The van der Waals surface area contributed by atoms with E-state index >= 15 is 0 Å². The summed E-state index contributed by atoms with van der Waals surface area (Å²) in [6.45, 7) is 2.73. The molecule has 19 heavy (non-hydrogen) atoms. The van der Waals surface area contributed by atoms with Crippen LogP contribution < -0.4 is 5.32 Å². The van der Waals surface area contributed by atoms with Crippen LogP contribution >= 0.6 is 0 Å². The van der Waals surface area contributed by atoms with E-state index < -0.39 is 11.6 Å². The molecule has 1 aliphatic heterocycles. The van der Waals surface area contributed by atoms with Crippen LogP contribution in [0.25, 0.3) is 0 Å². The third kappa shape index (κ3) is 3.51. The fourth-order valence-corrected chi connectivity index (χ4v) is 2.91. The van der Waals surface area contributed by atoms with Gasteiger partial charge in [-0.3, -0.25) is 4.90 Å². The van der Waals surface area contributed by atoms with E-state index in [1.165, 1.54) is 37.8 Å². The molecule has 0 radical (unpaired) electrons. The number of nitrogens with one attached hydrogen (secondary N) is 1. The molecule has 0 amide bonds. The lowest BCUT2D eigenvalue weighted by Gasteiger charge is -2.25. The van der Waals surface area contributed by atoms with Crippen LogP contribution in [0.2, 0.25) is 0 Å². The van der Waals surface area contributed by atoms with Gasteiger partial charge in [0.15, 0.2) is 0 Å². The molecular formula is C15H20F2N2. The van der Waals surface area contributed by atoms with Crippen LogP contribution in [0.1, 0.15) is 31.2 Å². The molecule has 1 aromatic carbocycles. The third-order valence-electron chi connectivity index (χ3n) is 3.99. The van der Waals surface area contributed by atoms with Gasteiger partial charge in [0.2, 0.25) is 0 Å². The normalized spacial score (nSPS) is 23.2. The first kappa shape index (κ1) is 13.0. The summed E-state index contributed by atoms with van der Waals surface area (Å²) in [5, 5.41) is 3.49. The van der Waals surface area contributed by atoms with E-state index in [9.17, 15) is 8.78 Å². The molecule has 4 heteroatoms. The molecule has 1 atom stereocenters. The van der Waals surface area contributed by atoms with Gasteiger partial charge in [0.25, 0.3) is 0 Å². The lowest BCUT2D eigenvalue weighted by molar-refractivity contribution is 0.230. The van der Waals surface area contributed by atoms with E-state index in [4.69, 9.17) is 0 Å². The number of nitrogens with zero attached hydrogens (tertiary/aromatic N) is 1. The number of rotatable bonds is 5. The number of hydrogen-bond donors (Lipinski definition) is 1. The summed E-state index contributed by atoms with van der Waals surface area (Å²) in [4.78, 5) is 2.37. The highest BCUT2D eigenvalue weighted by atomic mass is 19.1. The second-order valence-corrected chi connectivity index (χ2v) is 5.73. The van der Waals surface area contributed by atoms with Crippen molar-refractivity contribution in [3.8, 4) is 0 Å². The second-order valence-electron chi connectivity index (χ2n) is 5.73. The number of benzene rings is 1. The van der Waals surface area contributed by atoms with Gasteiger partial charge in [-0.1, -0.05) is 0 Å². The van der Waals surface area contributed by atoms with Crippen molar-refractivity contribution in [1.82, 2.24) is 10.2 Å². The van der Waals surface area contributed by atoms with Crippen molar-refractivity contribution in [1.29, 1.82) is 0 Å². The van der Waals surface area contributed by atoms with E-state index in [0.717, 1.165) is 24.7 Å². The topological polar surface area (TPSA) is 15.3 Å². The molecule has 1 N–H and O–H groups in total. The van der Waals surface area contributed by atoms with E-state index in [-0.39, 0.29) is 0 Å². The van der Waals surface area contributed by atoms with Crippen molar-refractivity contribution in [2.24, 2.45) is 0 Å². The maximum atomic E-state index is 13.2. The minimum absolute atomic E-state index is 0.482. The Hall–Kier alpha value is -1.00. The van der Waals surface area contributed by atoms with Crippen LogP contribution in [0.15, 0.2) is 18.2 Å². The minimum atomic E-state index is -0.482. The Morgan fingerprint density at radius 1 is 1.11 bits per heavy atom. The SMILES string of the molecule is Fc1cc(F)cc(CN(CC2CCCN2)C2CC2)c1. The molecule has 3 rings (SSSR count). The van der Waals surface area contributed by atoms with Gasteiger partial charge in [0.1, 0.15) is 11.6 Å². The van der Waals surface area contributed by atoms with Gasteiger partial charge in [-0.05, 0) is 49.9 Å². The Labute approximate surface area is 112 Å². The molecule has 1 unspecified atom stereocenters. The predicted octanol–water partition coefficient (Wildman–Crippen LogP) is 2.68. The fraction of sp³-hybridized carbons (Fsp3) is 0.600. The summed E-state index contributed by atoms with van der Waals surface area (Å²) in [6, 6.07) is 4.97. The molecule has 1 saturated heterocycles. The largest absolute Gasteiger partial charge is 0.313 e. The second kappa shape index (κ2) is 5.55. The lowest BCUT2D eigenvalue weighted by atomic mass is 10.1. The zero-order chi connectivity index (χ0) is 13.2. The van der Waals surface area contributed by atoms with Gasteiger partial charge >= 0.3 is 0 Å². The maximum Gasteiger partial charge on any atom is 0.126 e. The first-order valence-corrected chi connectivity index (χ1v) is 7.13. The summed E-state index contributed by atoms with van der Waals surface area (Å²) in [6.07, 6.45) is 4.87. The standard InChI is InChI=1S/C15H20F2N2/c16-12-6-11(7-13(17)8-12)9-19(15-3-4-15)10-14-2-1-5-18-14/h6-8,14-15,18H,1-5,9-10H2. The molecule has 0 spiro atoms. The van der Waals surface area contributed by atoms with Crippen LogP contribution in [-0.4, -0.2) is 30.1 Å². The van der Waals surface area contributed by atoms with Gasteiger partial charge < -0.3 is 5.32 Å². The van der Waals surface area contributed by atoms with Gasteiger partial charge in [-0.2, -0.15) is 0 Å². The molecule has 104 valence electrons. The molecule has 0 aromatic heterocycles. The summed E-state index contributed by atoms with van der Waals surface area (Å²) >= 11 is 0. The van der Waals surface area contributed by atoms with Crippen molar-refractivity contribution in [2.75, 3.05) is 13.1 Å². The molecule has 1 saturated carbocycles. The van der Waals surface area contributed by atoms with Crippen molar-refractivity contribution in [3.63, 3.8) is 0 Å². The Morgan fingerprint density at radius 3 is 2.42 bits per heavy atom. The Bertz CT molecular complexity index is 420. The Morgan fingerprint density at radius 2 is 1.84 bits per heavy atom. The first-order valence-electron chi connectivity index (χ1n) is 7.13. The molecule has 1 aromatic rings. The highest BCUT2D eigenvalue weighted by Crippen LogP contribution is 2.29. The number of hydrogen-bond acceptors (Lipinski definition) is 2. The Kier molecular flexibility index (Phi) is 3.80. The van der Waals surface area contributed by atoms with Gasteiger partial charge in [-0.15, -0.1) is 0 Å². The van der Waals surface area contributed by atoms with E-state index in [0.29, 0.717) is 18.6 Å². The maximum absolute atomic E-state index is 13.2. The minimum Gasteiger partial charge on any atom is -0.313 e. The fourth-order valence-electron chi connectivity index (χ4n) is 2.91. The smallest absolute Gasteiger partial charge is 0.126 e. The molecule has 2 aliphatic rings. The third-order valence-corrected chi connectivity index (χ3v) is 3.99. The quantitative estimate of drug-likeness (QED) is 0.881. The summed E-state index contributed by atoms with van der Waals surface area (Å²) in [5.74, 6) is -0.963. The average molecular weight is 266 g/mol. The van der Waals surface area contributed by atoms with Crippen LogP contribution in [0.3, 0.4) is 0 Å². The van der Waals surface area contributed by atoms with Gasteiger partial charge in [0.05, 0.1) is 0 Å². The zero-order valence-electron chi connectivity index (χ0n) is 11.0. The summed E-state index contributed by atoms with van der Waals surface area (Å²) in [5.41, 5.74) is 0.738. The van der Waals surface area contributed by atoms with Crippen molar-refractivity contribution >= 4 is 0 Å². The Balaban J connectivity index is 1.66. The molecule has 2 fully saturated rings. The molecule has 0 bridgehead atoms. The molecule has 1 heterocycles. The van der Waals surface area contributed by atoms with Crippen LogP contribution in [0.4, 0.5) is 8.78 Å². The van der Waals surface area contributed by atoms with Gasteiger partial charge in [0, 0.05) is 31.2 Å². The highest BCUT2D eigenvalue weighted by Gasteiger charge is 2.31. The highest BCUT2D eigenvalue weighted by molar-refractivity contribution is 5.18. The van der Waals surface area contributed by atoms with Crippen LogP contribution in [0, 0.1) is 11.6 Å². The zero-order valence-corrected chi connectivity index (χ0v) is 11.0. The number of halogens is 2. The van der Waals surface area contributed by atoms with E-state index in [1.807, 2.05) is 0 Å². The van der Waals surface area contributed by atoms with Crippen molar-refractivity contribution < 1.29 is 8.78 Å². The van der Waals surface area contributed by atoms with Crippen molar-refractivity contribution in [3.05, 3.63) is 35.4 Å². The van der Waals surface area contributed by atoms with Crippen LogP contribution in [-0.2, 0) is 6.54 Å². The predicted molar refractivity (Wildman–Crippen MR) is 70.8 cm³/mol. The first-order chi connectivity index (χ1) is 9.20. The van der Waals surface area contributed by atoms with Gasteiger partial charge in [-0.25, -0.2) is 8.78 Å². The summed E-state index contributed by atoms with van der Waals surface area (Å²) in [7, 11) is 0.